The second-order valence-corrected chi connectivity index (χ2v) is 6.26. The number of carbonyl (C=O) groups is 2. The monoisotopic (exact) mass is 341 g/mol. The van der Waals surface area contributed by atoms with E-state index >= 15 is 0 Å². The Bertz CT molecular complexity index is 762. The molecule has 25 heavy (non-hydrogen) atoms. The molecule has 1 aromatic carbocycles. The number of nitrogens with zero attached hydrogens (tertiary/aromatic N) is 4. The number of hydrogen-bond donors (Lipinski definition) is 1. The Labute approximate surface area is 147 Å². The first-order valence-corrected chi connectivity index (χ1v) is 8.43. The van der Waals surface area contributed by atoms with Gasteiger partial charge in [0.05, 0.1) is 5.56 Å². The zero-order valence-electron chi connectivity index (χ0n) is 14.4. The van der Waals surface area contributed by atoms with E-state index in [9.17, 15) is 9.59 Å². The summed E-state index contributed by atoms with van der Waals surface area (Å²) in [5, 5.41) is 0. The number of rotatable bonds is 5. The zero-order chi connectivity index (χ0) is 17.8. The van der Waals surface area contributed by atoms with Gasteiger partial charge in [-0.3, -0.25) is 14.5 Å². The number of imidazole rings is 1. The molecule has 7 nitrogen and oxygen atoms in total. The lowest BCUT2D eigenvalue weighted by Crippen LogP contribution is -2.49. The molecule has 1 fully saturated rings. The molecule has 0 saturated carbocycles. The summed E-state index contributed by atoms with van der Waals surface area (Å²) in [5.41, 5.74) is 6.71. The number of aryl methyl sites for hydroxylation is 1. The number of hydrogen-bond acceptors (Lipinski definition) is 4. The highest BCUT2D eigenvalue weighted by Crippen LogP contribution is 2.23. The van der Waals surface area contributed by atoms with Gasteiger partial charge < -0.3 is 15.2 Å². The summed E-state index contributed by atoms with van der Waals surface area (Å²) >= 11 is 0. The Hall–Kier alpha value is -2.67. The van der Waals surface area contributed by atoms with Crippen LogP contribution in [0, 0.1) is 0 Å². The van der Waals surface area contributed by atoms with Crippen LogP contribution in [0.3, 0.4) is 0 Å². The van der Waals surface area contributed by atoms with Crippen molar-refractivity contribution in [2.45, 2.75) is 6.42 Å². The van der Waals surface area contributed by atoms with Crippen molar-refractivity contribution < 1.29 is 9.59 Å². The quantitative estimate of drug-likeness (QED) is 0.868. The van der Waals surface area contributed by atoms with Crippen molar-refractivity contribution in [2.24, 2.45) is 12.8 Å². The molecular weight excluding hydrogens is 318 g/mol. The molecule has 7 heteroatoms. The summed E-state index contributed by atoms with van der Waals surface area (Å²) in [6.07, 6.45) is 3.96. The fourth-order valence-corrected chi connectivity index (χ4v) is 3.10. The van der Waals surface area contributed by atoms with Gasteiger partial charge in [0.25, 0.3) is 5.91 Å². The number of aromatic nitrogens is 2. The van der Waals surface area contributed by atoms with E-state index in [4.69, 9.17) is 5.73 Å². The Morgan fingerprint density at radius 3 is 2.52 bits per heavy atom. The van der Waals surface area contributed by atoms with E-state index in [-0.39, 0.29) is 11.8 Å². The molecule has 1 aliphatic rings. The van der Waals surface area contributed by atoms with E-state index in [0.717, 1.165) is 24.5 Å². The van der Waals surface area contributed by atoms with E-state index in [0.29, 0.717) is 31.6 Å². The van der Waals surface area contributed by atoms with Crippen LogP contribution in [0.2, 0.25) is 0 Å². The molecule has 2 amide bonds. The fourth-order valence-electron chi connectivity index (χ4n) is 3.10. The zero-order valence-corrected chi connectivity index (χ0v) is 14.4. The van der Waals surface area contributed by atoms with Crippen molar-refractivity contribution >= 4 is 11.8 Å². The molecule has 2 N–H and O–H groups in total. The second kappa shape index (κ2) is 7.48. The van der Waals surface area contributed by atoms with Gasteiger partial charge in [-0.25, -0.2) is 4.98 Å². The minimum atomic E-state index is -0.289. The number of primary amides is 1. The predicted octanol–water partition coefficient (Wildman–Crippen LogP) is 0.720. The van der Waals surface area contributed by atoms with Crippen LogP contribution in [-0.4, -0.2) is 63.9 Å². The van der Waals surface area contributed by atoms with Gasteiger partial charge in [-0.1, -0.05) is 18.2 Å². The molecule has 0 aliphatic carbocycles. The largest absolute Gasteiger partial charge is 0.370 e. The van der Waals surface area contributed by atoms with Gasteiger partial charge in [0.15, 0.2) is 0 Å². The molecule has 1 saturated heterocycles. The second-order valence-electron chi connectivity index (χ2n) is 6.26. The maximum absolute atomic E-state index is 13.0. The first-order valence-electron chi connectivity index (χ1n) is 8.43. The summed E-state index contributed by atoms with van der Waals surface area (Å²) < 4.78 is 1.91. The van der Waals surface area contributed by atoms with Crippen molar-refractivity contribution in [1.29, 1.82) is 0 Å². The Balaban J connectivity index is 1.71. The predicted molar refractivity (Wildman–Crippen MR) is 94.8 cm³/mol. The van der Waals surface area contributed by atoms with Crippen LogP contribution in [0.1, 0.15) is 16.8 Å². The summed E-state index contributed by atoms with van der Waals surface area (Å²) in [4.78, 5) is 32.3. The van der Waals surface area contributed by atoms with Crippen LogP contribution >= 0.6 is 0 Å². The van der Waals surface area contributed by atoms with E-state index in [1.807, 2.05) is 47.0 Å². The normalized spacial score (nSPS) is 15.3. The molecule has 3 rings (SSSR count). The summed E-state index contributed by atoms with van der Waals surface area (Å²) in [5.74, 6) is 0.514. The van der Waals surface area contributed by atoms with E-state index in [2.05, 4.69) is 9.88 Å². The maximum atomic E-state index is 13.0. The summed E-state index contributed by atoms with van der Waals surface area (Å²) in [6.45, 7) is 3.45. The van der Waals surface area contributed by atoms with Crippen molar-refractivity contribution in [3.63, 3.8) is 0 Å². The van der Waals surface area contributed by atoms with Crippen molar-refractivity contribution in [1.82, 2.24) is 19.4 Å². The van der Waals surface area contributed by atoms with Crippen LogP contribution in [0.15, 0.2) is 36.7 Å². The topological polar surface area (TPSA) is 84.5 Å². The summed E-state index contributed by atoms with van der Waals surface area (Å²) in [7, 11) is 1.92. The van der Waals surface area contributed by atoms with Gasteiger partial charge in [-0.05, 0) is 6.07 Å². The Kier molecular flexibility index (Phi) is 5.14. The molecule has 0 bridgehead atoms. The lowest BCUT2D eigenvalue weighted by molar-refractivity contribution is -0.118. The van der Waals surface area contributed by atoms with Crippen molar-refractivity contribution in [3.8, 4) is 11.4 Å². The van der Waals surface area contributed by atoms with E-state index in [1.54, 1.807) is 6.20 Å². The first-order chi connectivity index (χ1) is 12.1. The molecule has 2 aromatic rings. The molecule has 1 aliphatic heterocycles. The SMILES string of the molecule is Cn1ccnc1-c1ccccc1C(=O)N1CCN(CCC(N)=O)CC1. The van der Waals surface area contributed by atoms with Gasteiger partial charge in [0, 0.05) is 64.1 Å². The van der Waals surface area contributed by atoms with Gasteiger partial charge in [-0.2, -0.15) is 0 Å². The molecule has 132 valence electrons. The number of piperazine rings is 1. The lowest BCUT2D eigenvalue weighted by atomic mass is 10.0. The number of nitrogens with two attached hydrogens (primary N) is 1. The first kappa shape index (κ1) is 17.2. The van der Waals surface area contributed by atoms with Crippen LogP contribution in [0.5, 0.6) is 0 Å². The molecular formula is C18H23N5O2. The Morgan fingerprint density at radius 2 is 1.88 bits per heavy atom. The van der Waals surface area contributed by atoms with Crippen LogP contribution in [0.25, 0.3) is 11.4 Å². The third-order valence-corrected chi connectivity index (χ3v) is 4.55. The number of amides is 2. The van der Waals surface area contributed by atoms with Crippen LogP contribution < -0.4 is 5.73 Å². The third-order valence-electron chi connectivity index (χ3n) is 4.55. The van der Waals surface area contributed by atoms with Crippen molar-refractivity contribution in [3.05, 3.63) is 42.2 Å². The molecule has 0 unspecified atom stereocenters. The molecule has 1 aromatic heterocycles. The van der Waals surface area contributed by atoms with Crippen molar-refractivity contribution in [2.75, 3.05) is 32.7 Å². The fraction of sp³-hybridized carbons (Fsp3) is 0.389. The minimum absolute atomic E-state index is 0.0214. The molecule has 0 spiro atoms. The molecule has 0 radical (unpaired) electrons. The summed E-state index contributed by atoms with van der Waals surface area (Å²) in [6, 6.07) is 7.58. The number of benzene rings is 1. The smallest absolute Gasteiger partial charge is 0.254 e. The standard InChI is InChI=1S/C18H23N5O2/c1-21-9-7-20-17(21)14-4-2-3-5-15(14)18(25)23-12-10-22(11-13-23)8-6-16(19)24/h2-5,7,9H,6,8,10-13H2,1H3,(H2,19,24). The molecule has 0 atom stereocenters. The van der Waals surface area contributed by atoms with Gasteiger partial charge in [0.1, 0.15) is 5.82 Å². The average Bonchev–Trinajstić information content (AvgIpc) is 3.05. The molecule has 2 heterocycles. The highest BCUT2D eigenvalue weighted by molar-refractivity contribution is 6.00. The minimum Gasteiger partial charge on any atom is -0.370 e. The van der Waals surface area contributed by atoms with Crippen LogP contribution in [0.4, 0.5) is 0 Å². The van der Waals surface area contributed by atoms with E-state index in [1.165, 1.54) is 0 Å². The van der Waals surface area contributed by atoms with Gasteiger partial charge in [0.2, 0.25) is 5.91 Å². The Morgan fingerprint density at radius 1 is 1.16 bits per heavy atom. The lowest BCUT2D eigenvalue weighted by Gasteiger charge is -2.34. The van der Waals surface area contributed by atoms with Crippen LogP contribution in [-0.2, 0) is 11.8 Å². The third kappa shape index (κ3) is 3.88. The van der Waals surface area contributed by atoms with Gasteiger partial charge in [-0.15, -0.1) is 0 Å². The highest BCUT2D eigenvalue weighted by atomic mass is 16.2. The highest BCUT2D eigenvalue weighted by Gasteiger charge is 2.24. The van der Waals surface area contributed by atoms with E-state index < -0.39 is 0 Å². The maximum Gasteiger partial charge on any atom is 0.254 e. The van der Waals surface area contributed by atoms with Gasteiger partial charge >= 0.3 is 0 Å². The average molecular weight is 341 g/mol. The number of carbonyl (C=O) groups excluding carboxylic acids is 2.